The monoisotopic (exact) mass is 387 g/mol. The average molecular weight is 388 g/mol. The number of aryl methyl sites for hydroxylation is 1. The van der Waals surface area contributed by atoms with Crippen molar-refractivity contribution in [1.82, 2.24) is 9.55 Å². The lowest BCUT2D eigenvalue weighted by Crippen LogP contribution is -2.22. The Labute approximate surface area is 176 Å². The van der Waals surface area contributed by atoms with Crippen molar-refractivity contribution >= 4 is 17.6 Å². The fourth-order valence-electron chi connectivity index (χ4n) is 3.69. The van der Waals surface area contributed by atoms with E-state index in [9.17, 15) is 0 Å². The molecule has 0 unspecified atom stereocenters. The van der Waals surface area contributed by atoms with E-state index < -0.39 is 0 Å². The number of hydrogen-bond donors (Lipinski definition) is 0. The van der Waals surface area contributed by atoms with Crippen LogP contribution < -0.4 is 4.90 Å². The van der Waals surface area contributed by atoms with Crippen molar-refractivity contribution in [2.75, 3.05) is 11.4 Å². The van der Waals surface area contributed by atoms with E-state index in [4.69, 9.17) is 0 Å². The van der Waals surface area contributed by atoms with Crippen LogP contribution in [0.2, 0.25) is 0 Å². The molecular weight excluding hydrogens is 354 g/mol. The molecule has 3 nitrogen and oxygen atoms in total. The fourth-order valence-corrected chi connectivity index (χ4v) is 3.69. The van der Waals surface area contributed by atoms with Gasteiger partial charge in [-0.25, -0.2) is 4.98 Å². The van der Waals surface area contributed by atoms with Crippen molar-refractivity contribution in [3.63, 3.8) is 0 Å². The van der Waals surface area contributed by atoms with Gasteiger partial charge < -0.3 is 9.47 Å². The van der Waals surface area contributed by atoms with Crippen LogP contribution in [0.1, 0.15) is 48.8 Å². The zero-order valence-corrected chi connectivity index (χ0v) is 18.7. The van der Waals surface area contributed by atoms with Gasteiger partial charge in [-0.2, -0.15) is 0 Å². The molecule has 0 bridgehead atoms. The molecule has 0 radical (unpaired) electrons. The van der Waals surface area contributed by atoms with Crippen LogP contribution in [0.15, 0.2) is 61.8 Å². The number of hydrogen-bond acceptors (Lipinski definition) is 2. The van der Waals surface area contributed by atoms with Gasteiger partial charge in [-0.3, -0.25) is 0 Å². The Kier molecular flexibility index (Phi) is 7.60. The van der Waals surface area contributed by atoms with Gasteiger partial charge in [0.1, 0.15) is 5.82 Å². The van der Waals surface area contributed by atoms with Crippen LogP contribution in [0.5, 0.6) is 0 Å². The molecule has 3 rings (SSSR count). The molecule has 0 saturated heterocycles. The van der Waals surface area contributed by atoms with E-state index in [0.717, 1.165) is 40.6 Å². The predicted octanol–water partition coefficient (Wildman–Crippen LogP) is 6.96. The van der Waals surface area contributed by atoms with Crippen LogP contribution in [0, 0.1) is 20.8 Å². The maximum Gasteiger partial charge on any atom is 0.132 e. The van der Waals surface area contributed by atoms with Gasteiger partial charge in [0.25, 0.3) is 0 Å². The van der Waals surface area contributed by atoms with E-state index in [1.54, 1.807) is 0 Å². The van der Waals surface area contributed by atoms with Crippen LogP contribution in [-0.2, 0) is 0 Å². The molecule has 2 heterocycles. The highest BCUT2D eigenvalue weighted by Gasteiger charge is 2.22. The van der Waals surface area contributed by atoms with E-state index in [2.05, 4.69) is 79.6 Å². The third-order valence-corrected chi connectivity index (χ3v) is 5.04. The lowest BCUT2D eigenvalue weighted by atomic mass is 10.1. The largest absolute Gasteiger partial charge is 0.327 e. The summed E-state index contributed by atoms with van der Waals surface area (Å²) in [5, 5.41) is 0. The highest BCUT2D eigenvalue weighted by Crippen LogP contribution is 2.34. The first kappa shape index (κ1) is 22.2. The first-order chi connectivity index (χ1) is 14.0. The minimum atomic E-state index is 0.792. The molecule has 0 atom stereocenters. The molecular formula is C26H33N3. The second-order valence-corrected chi connectivity index (χ2v) is 6.71. The highest BCUT2D eigenvalue weighted by molar-refractivity contribution is 5.84. The van der Waals surface area contributed by atoms with Crippen molar-refractivity contribution in [3.05, 3.63) is 89.9 Å². The predicted molar refractivity (Wildman–Crippen MR) is 128 cm³/mol. The minimum Gasteiger partial charge on any atom is -0.327 e. The molecule has 1 aromatic carbocycles. The van der Waals surface area contributed by atoms with Gasteiger partial charge in [-0.15, -0.1) is 0 Å². The van der Waals surface area contributed by atoms with Crippen molar-refractivity contribution in [2.24, 2.45) is 0 Å². The van der Waals surface area contributed by atoms with Crippen molar-refractivity contribution in [2.45, 2.75) is 41.5 Å². The summed E-state index contributed by atoms with van der Waals surface area (Å²) >= 11 is 0. The third kappa shape index (κ3) is 4.34. The Bertz CT molecular complexity index is 963. The maximum absolute atomic E-state index is 4.51. The molecule has 0 aliphatic carbocycles. The van der Waals surface area contributed by atoms with Gasteiger partial charge in [0.05, 0.1) is 0 Å². The van der Waals surface area contributed by atoms with Gasteiger partial charge in [0, 0.05) is 46.6 Å². The zero-order valence-electron chi connectivity index (χ0n) is 18.7. The number of nitrogens with zero attached hydrogens (tertiary/aromatic N) is 3. The Morgan fingerprint density at radius 3 is 2.21 bits per heavy atom. The normalized spacial score (nSPS) is 10.1. The van der Waals surface area contributed by atoms with Crippen LogP contribution in [-0.4, -0.2) is 16.1 Å². The Morgan fingerprint density at radius 1 is 1.03 bits per heavy atom. The summed E-state index contributed by atoms with van der Waals surface area (Å²) in [4.78, 5) is 6.66. The summed E-state index contributed by atoms with van der Waals surface area (Å²) in [6.45, 7) is 21.8. The summed E-state index contributed by atoms with van der Waals surface area (Å²) in [5.74, 6) is 0.903. The number of anilines is 1. The van der Waals surface area contributed by atoms with E-state index >= 15 is 0 Å². The van der Waals surface area contributed by atoms with Crippen molar-refractivity contribution in [1.29, 1.82) is 0 Å². The topological polar surface area (TPSA) is 21.1 Å². The van der Waals surface area contributed by atoms with Gasteiger partial charge in [0.15, 0.2) is 0 Å². The molecule has 0 N–H and O–H groups in total. The summed E-state index contributed by atoms with van der Waals surface area (Å²) in [6.07, 6.45) is 3.75. The number of benzene rings is 1. The second kappa shape index (κ2) is 9.92. The van der Waals surface area contributed by atoms with E-state index in [1.165, 1.54) is 11.3 Å². The molecule has 0 spiro atoms. The maximum atomic E-state index is 4.51. The summed E-state index contributed by atoms with van der Waals surface area (Å²) < 4.78 is 2.28. The Hall–Kier alpha value is -3.07. The van der Waals surface area contributed by atoms with E-state index in [0.29, 0.717) is 0 Å². The van der Waals surface area contributed by atoms with Crippen molar-refractivity contribution in [3.8, 4) is 5.69 Å². The molecule has 3 aromatic rings. The van der Waals surface area contributed by atoms with Crippen LogP contribution in [0.4, 0.5) is 5.82 Å². The lowest BCUT2D eigenvalue weighted by molar-refractivity contribution is 0.956. The van der Waals surface area contributed by atoms with Crippen LogP contribution in [0.3, 0.4) is 0 Å². The summed E-state index contributed by atoms with van der Waals surface area (Å²) in [6, 6.07) is 14.5. The molecule has 2 aromatic heterocycles. The molecule has 0 aliphatic rings. The third-order valence-electron chi connectivity index (χ3n) is 5.04. The standard InChI is InChI=1S/C24H27N3.C2H6/c1-7-22-18(4)27(21-14-12-17(3)13-15-21)20(6)24(22)19(5)26(8-2)23-11-9-10-16-25-23;1-2/h7,9-16H,1,5,8H2,2-4,6H3;1-2H3. The van der Waals surface area contributed by atoms with E-state index in [-0.39, 0.29) is 0 Å². The average Bonchev–Trinajstić information content (AvgIpc) is 3.01. The van der Waals surface area contributed by atoms with Crippen LogP contribution in [0.25, 0.3) is 17.5 Å². The molecule has 3 heteroatoms. The van der Waals surface area contributed by atoms with Crippen LogP contribution >= 0.6 is 0 Å². The first-order valence-corrected chi connectivity index (χ1v) is 10.3. The van der Waals surface area contributed by atoms with Gasteiger partial charge >= 0.3 is 0 Å². The zero-order chi connectivity index (χ0) is 21.6. The molecule has 0 saturated carbocycles. The molecule has 0 fully saturated rings. The quantitative estimate of drug-likeness (QED) is 0.455. The fraction of sp³-hybridized carbons (Fsp3) is 0.269. The number of aromatic nitrogens is 2. The minimum absolute atomic E-state index is 0.792. The Morgan fingerprint density at radius 2 is 1.69 bits per heavy atom. The highest BCUT2D eigenvalue weighted by atomic mass is 15.2. The first-order valence-electron chi connectivity index (χ1n) is 10.3. The second-order valence-electron chi connectivity index (χ2n) is 6.71. The van der Waals surface area contributed by atoms with Gasteiger partial charge in [0.2, 0.25) is 0 Å². The molecule has 0 amide bonds. The van der Waals surface area contributed by atoms with Gasteiger partial charge in [-0.05, 0) is 52.0 Å². The molecule has 0 aliphatic heterocycles. The molecule has 152 valence electrons. The van der Waals surface area contributed by atoms with Gasteiger partial charge in [-0.1, -0.05) is 56.8 Å². The SMILES string of the molecule is C=Cc1c(C(=C)N(CC)c2ccccn2)c(C)n(-c2ccc(C)cc2)c1C.CC. The number of rotatable bonds is 6. The summed E-state index contributed by atoms with van der Waals surface area (Å²) in [7, 11) is 0. The Balaban J connectivity index is 0.00000145. The summed E-state index contributed by atoms with van der Waals surface area (Å²) in [5.41, 5.74) is 7.91. The molecule has 29 heavy (non-hydrogen) atoms. The van der Waals surface area contributed by atoms with E-state index in [1.807, 2.05) is 44.3 Å². The van der Waals surface area contributed by atoms with Crippen molar-refractivity contribution < 1.29 is 0 Å². The lowest BCUT2D eigenvalue weighted by Gasteiger charge is -2.25. The smallest absolute Gasteiger partial charge is 0.132 e. The number of pyridine rings is 1.